The van der Waals surface area contributed by atoms with Crippen molar-refractivity contribution in [3.63, 3.8) is 0 Å². The van der Waals surface area contributed by atoms with Gasteiger partial charge < -0.3 is 5.11 Å². The SMILES string of the molecule is CN(CCC(=O)O)S(=O)(=O)N1CCCc2ccccc2C1. The van der Waals surface area contributed by atoms with Crippen LogP contribution in [0.25, 0.3) is 0 Å². The predicted molar refractivity (Wildman–Crippen MR) is 79.0 cm³/mol. The zero-order chi connectivity index (χ0) is 15.5. The molecule has 1 aromatic rings. The van der Waals surface area contributed by atoms with Gasteiger partial charge in [-0.05, 0) is 24.0 Å². The van der Waals surface area contributed by atoms with E-state index in [-0.39, 0.29) is 13.0 Å². The lowest BCUT2D eigenvalue weighted by atomic mass is 10.0. The minimum Gasteiger partial charge on any atom is -0.481 e. The number of carbonyl (C=O) groups is 1. The number of carboxylic acids is 1. The molecule has 0 saturated carbocycles. The molecule has 0 atom stereocenters. The molecule has 1 aliphatic heterocycles. The summed E-state index contributed by atoms with van der Waals surface area (Å²) in [4.78, 5) is 10.6. The first kappa shape index (κ1) is 15.9. The summed E-state index contributed by atoms with van der Waals surface area (Å²) in [6, 6.07) is 7.84. The van der Waals surface area contributed by atoms with Crippen molar-refractivity contribution in [1.82, 2.24) is 8.61 Å². The van der Waals surface area contributed by atoms with Crippen LogP contribution in [0.2, 0.25) is 0 Å². The molecule has 0 bridgehead atoms. The fraction of sp³-hybridized carbons (Fsp3) is 0.500. The van der Waals surface area contributed by atoms with E-state index in [0.29, 0.717) is 13.1 Å². The Labute approximate surface area is 125 Å². The molecule has 2 rings (SSSR count). The van der Waals surface area contributed by atoms with Crippen molar-refractivity contribution in [2.75, 3.05) is 20.1 Å². The van der Waals surface area contributed by atoms with Crippen LogP contribution in [0, 0.1) is 0 Å². The number of benzene rings is 1. The van der Waals surface area contributed by atoms with Gasteiger partial charge in [0.2, 0.25) is 0 Å². The van der Waals surface area contributed by atoms with Crippen LogP contribution in [0.15, 0.2) is 24.3 Å². The molecule has 0 spiro atoms. The fourth-order valence-electron chi connectivity index (χ4n) is 2.43. The van der Waals surface area contributed by atoms with E-state index < -0.39 is 16.2 Å². The molecule has 0 aliphatic carbocycles. The maximum Gasteiger partial charge on any atom is 0.304 e. The standard InChI is InChI=1S/C14H20N2O4S/c1-15(10-8-14(17)18)21(19,20)16-9-4-7-12-5-2-3-6-13(12)11-16/h2-3,5-6H,4,7-11H2,1H3,(H,17,18). The molecule has 7 heteroatoms. The number of carboxylic acid groups (broad SMARTS) is 1. The summed E-state index contributed by atoms with van der Waals surface area (Å²) in [6.07, 6.45) is 1.43. The molecular formula is C14H20N2O4S. The lowest BCUT2D eigenvalue weighted by Gasteiger charge is -2.26. The van der Waals surface area contributed by atoms with Crippen LogP contribution in [-0.2, 0) is 28.0 Å². The summed E-state index contributed by atoms with van der Waals surface area (Å²) >= 11 is 0. The second-order valence-electron chi connectivity index (χ2n) is 5.18. The van der Waals surface area contributed by atoms with Crippen molar-refractivity contribution in [3.8, 4) is 0 Å². The average molecular weight is 312 g/mol. The molecular weight excluding hydrogens is 292 g/mol. The number of aryl methyl sites for hydroxylation is 1. The highest BCUT2D eigenvalue weighted by atomic mass is 32.2. The van der Waals surface area contributed by atoms with E-state index in [9.17, 15) is 13.2 Å². The van der Waals surface area contributed by atoms with Gasteiger partial charge in [-0.3, -0.25) is 4.79 Å². The molecule has 0 radical (unpaired) electrons. The molecule has 116 valence electrons. The third-order valence-corrected chi connectivity index (χ3v) is 5.61. The van der Waals surface area contributed by atoms with Crippen LogP contribution in [0.1, 0.15) is 24.0 Å². The number of rotatable bonds is 5. The van der Waals surface area contributed by atoms with Crippen molar-refractivity contribution < 1.29 is 18.3 Å². The van der Waals surface area contributed by atoms with Crippen molar-refractivity contribution in [3.05, 3.63) is 35.4 Å². The number of hydrogen-bond donors (Lipinski definition) is 1. The molecule has 1 aromatic carbocycles. The van der Waals surface area contributed by atoms with Crippen LogP contribution >= 0.6 is 0 Å². The van der Waals surface area contributed by atoms with E-state index in [2.05, 4.69) is 0 Å². The first-order chi connectivity index (χ1) is 9.91. The van der Waals surface area contributed by atoms with E-state index in [0.717, 1.165) is 22.7 Å². The smallest absolute Gasteiger partial charge is 0.304 e. The van der Waals surface area contributed by atoms with E-state index in [4.69, 9.17) is 5.11 Å². The van der Waals surface area contributed by atoms with Gasteiger partial charge in [-0.15, -0.1) is 0 Å². The topological polar surface area (TPSA) is 77.9 Å². The molecule has 21 heavy (non-hydrogen) atoms. The highest BCUT2D eigenvalue weighted by molar-refractivity contribution is 7.86. The van der Waals surface area contributed by atoms with Crippen molar-refractivity contribution in [2.24, 2.45) is 0 Å². The van der Waals surface area contributed by atoms with Gasteiger partial charge in [0.05, 0.1) is 6.42 Å². The Balaban J connectivity index is 2.15. The van der Waals surface area contributed by atoms with Crippen LogP contribution in [-0.4, -0.2) is 48.2 Å². The molecule has 6 nitrogen and oxygen atoms in total. The third-order valence-electron chi connectivity index (χ3n) is 3.68. The zero-order valence-electron chi connectivity index (χ0n) is 12.0. The Morgan fingerprint density at radius 3 is 2.67 bits per heavy atom. The van der Waals surface area contributed by atoms with E-state index in [1.54, 1.807) is 0 Å². The molecule has 1 aliphatic rings. The summed E-state index contributed by atoms with van der Waals surface area (Å²) in [5, 5.41) is 8.68. The van der Waals surface area contributed by atoms with Gasteiger partial charge in [-0.1, -0.05) is 24.3 Å². The highest BCUT2D eigenvalue weighted by Gasteiger charge is 2.29. The zero-order valence-corrected chi connectivity index (χ0v) is 12.8. The summed E-state index contributed by atoms with van der Waals surface area (Å²) in [5.74, 6) is -1.00. The predicted octanol–water partition coefficient (Wildman–Crippen LogP) is 1.09. The van der Waals surface area contributed by atoms with Gasteiger partial charge in [-0.2, -0.15) is 17.0 Å². The summed E-state index contributed by atoms with van der Waals surface area (Å²) in [5.41, 5.74) is 2.20. The first-order valence-corrected chi connectivity index (χ1v) is 8.31. The maximum atomic E-state index is 12.5. The van der Waals surface area contributed by atoms with Crippen LogP contribution in [0.3, 0.4) is 0 Å². The number of hydrogen-bond acceptors (Lipinski definition) is 3. The second-order valence-corrected chi connectivity index (χ2v) is 7.21. The lowest BCUT2D eigenvalue weighted by molar-refractivity contribution is -0.137. The van der Waals surface area contributed by atoms with Crippen molar-refractivity contribution in [1.29, 1.82) is 0 Å². The Hall–Kier alpha value is -1.44. The second kappa shape index (κ2) is 6.55. The molecule has 0 unspecified atom stereocenters. The minimum absolute atomic E-state index is 0.0180. The van der Waals surface area contributed by atoms with E-state index in [1.807, 2.05) is 24.3 Å². The summed E-state index contributed by atoms with van der Waals surface area (Å²) in [6.45, 7) is 0.778. The third kappa shape index (κ3) is 3.81. The molecule has 1 heterocycles. The monoisotopic (exact) mass is 312 g/mol. The largest absolute Gasteiger partial charge is 0.481 e. The average Bonchev–Trinajstić information content (AvgIpc) is 2.67. The van der Waals surface area contributed by atoms with E-state index >= 15 is 0 Å². The Morgan fingerprint density at radius 1 is 1.33 bits per heavy atom. The Morgan fingerprint density at radius 2 is 2.00 bits per heavy atom. The molecule has 0 amide bonds. The summed E-state index contributed by atoms with van der Waals surface area (Å²) < 4.78 is 27.6. The van der Waals surface area contributed by atoms with Gasteiger partial charge in [-0.25, -0.2) is 0 Å². The summed E-state index contributed by atoms with van der Waals surface area (Å²) in [7, 11) is -2.19. The van der Waals surface area contributed by atoms with E-state index in [1.165, 1.54) is 16.9 Å². The lowest BCUT2D eigenvalue weighted by Crippen LogP contribution is -2.42. The van der Waals surface area contributed by atoms with Crippen molar-refractivity contribution >= 4 is 16.2 Å². The van der Waals surface area contributed by atoms with Gasteiger partial charge in [0.1, 0.15) is 0 Å². The normalized spacial score (nSPS) is 16.5. The molecule has 0 aromatic heterocycles. The molecule has 0 saturated heterocycles. The van der Waals surface area contributed by atoms with Crippen LogP contribution in [0.4, 0.5) is 0 Å². The number of aliphatic carboxylic acids is 1. The quantitative estimate of drug-likeness (QED) is 0.883. The van der Waals surface area contributed by atoms with Crippen LogP contribution < -0.4 is 0 Å². The molecule has 0 fully saturated rings. The van der Waals surface area contributed by atoms with Gasteiger partial charge in [0, 0.05) is 26.7 Å². The van der Waals surface area contributed by atoms with Gasteiger partial charge >= 0.3 is 5.97 Å². The van der Waals surface area contributed by atoms with Gasteiger partial charge in [0.25, 0.3) is 10.2 Å². The Kier molecular flexibility index (Phi) is 4.97. The van der Waals surface area contributed by atoms with Crippen LogP contribution in [0.5, 0.6) is 0 Å². The van der Waals surface area contributed by atoms with Gasteiger partial charge in [0.15, 0.2) is 0 Å². The first-order valence-electron chi connectivity index (χ1n) is 6.91. The number of fused-ring (bicyclic) bond motifs is 1. The highest BCUT2D eigenvalue weighted by Crippen LogP contribution is 2.21. The fourth-order valence-corrected chi connectivity index (χ4v) is 3.81. The Bertz CT molecular complexity index is 615. The number of nitrogens with zero attached hydrogens (tertiary/aromatic N) is 2. The maximum absolute atomic E-state index is 12.5. The minimum atomic E-state index is -3.62. The molecule has 1 N–H and O–H groups in total. The van der Waals surface area contributed by atoms with Crippen molar-refractivity contribution in [2.45, 2.75) is 25.8 Å².